The zero-order chi connectivity index (χ0) is 16.3. The van der Waals surface area contributed by atoms with E-state index < -0.39 is 11.7 Å². The molecule has 0 aromatic heterocycles. The number of benzene rings is 1. The van der Waals surface area contributed by atoms with Crippen LogP contribution in [-0.4, -0.2) is 30.4 Å². The number of likely N-dealkylation sites (tertiary alicyclic amines) is 1. The van der Waals surface area contributed by atoms with Crippen molar-refractivity contribution < 1.29 is 18.0 Å². The van der Waals surface area contributed by atoms with Crippen molar-refractivity contribution in [1.82, 2.24) is 4.90 Å². The minimum absolute atomic E-state index is 0.0397. The second-order valence-electron chi connectivity index (χ2n) is 5.55. The maximum absolute atomic E-state index is 13.0. The van der Waals surface area contributed by atoms with Crippen LogP contribution in [0, 0.1) is 5.92 Å². The number of nitrogens with two attached hydrogens (primary N) is 1. The van der Waals surface area contributed by atoms with Gasteiger partial charge < -0.3 is 10.6 Å². The Bertz CT molecular complexity index is 581. The van der Waals surface area contributed by atoms with Crippen molar-refractivity contribution in [1.29, 1.82) is 0 Å². The van der Waals surface area contributed by atoms with Crippen LogP contribution in [-0.2, 0) is 11.0 Å². The Balaban J connectivity index is 2.21. The predicted molar refractivity (Wildman–Crippen MR) is 78.8 cm³/mol. The minimum Gasteiger partial charge on any atom is -0.339 e. The predicted octanol–water partition coefficient (Wildman–Crippen LogP) is 2.92. The van der Waals surface area contributed by atoms with Gasteiger partial charge in [-0.3, -0.25) is 4.79 Å². The first-order chi connectivity index (χ1) is 10.3. The van der Waals surface area contributed by atoms with Gasteiger partial charge in [-0.15, -0.1) is 0 Å². The maximum Gasteiger partial charge on any atom is 0.416 e. The number of allylic oxidation sites excluding steroid dienone is 1. The van der Waals surface area contributed by atoms with E-state index in [1.165, 1.54) is 31.2 Å². The maximum atomic E-state index is 13.0. The van der Waals surface area contributed by atoms with E-state index in [1.807, 2.05) is 0 Å². The van der Waals surface area contributed by atoms with Gasteiger partial charge in [0.1, 0.15) is 0 Å². The molecular formula is C16H19F3N2O. The molecule has 0 radical (unpaired) electrons. The highest BCUT2D eigenvalue weighted by Crippen LogP contribution is 2.34. The Hall–Kier alpha value is -1.82. The Morgan fingerprint density at radius 1 is 1.41 bits per heavy atom. The summed E-state index contributed by atoms with van der Waals surface area (Å²) in [6, 6.07) is 5.28. The van der Waals surface area contributed by atoms with Gasteiger partial charge in [-0.05, 0) is 43.0 Å². The van der Waals surface area contributed by atoms with Crippen molar-refractivity contribution in [2.75, 3.05) is 19.6 Å². The van der Waals surface area contributed by atoms with Gasteiger partial charge in [0.05, 0.1) is 5.56 Å². The zero-order valence-corrected chi connectivity index (χ0v) is 12.4. The number of alkyl halides is 3. The lowest BCUT2D eigenvalue weighted by Gasteiger charge is -2.16. The third kappa shape index (κ3) is 3.68. The summed E-state index contributed by atoms with van der Waals surface area (Å²) in [5, 5.41) is 0. The minimum atomic E-state index is -4.44. The van der Waals surface area contributed by atoms with Crippen molar-refractivity contribution in [3.05, 3.63) is 41.5 Å². The molecule has 1 aliphatic heterocycles. The van der Waals surface area contributed by atoms with Crippen LogP contribution < -0.4 is 5.73 Å². The number of nitrogens with zero attached hydrogens (tertiary/aromatic N) is 1. The average Bonchev–Trinajstić information content (AvgIpc) is 2.95. The fraction of sp³-hybridized carbons (Fsp3) is 0.438. The lowest BCUT2D eigenvalue weighted by molar-refractivity contribution is -0.137. The van der Waals surface area contributed by atoms with Crippen molar-refractivity contribution in [2.24, 2.45) is 11.7 Å². The SMILES string of the molecule is C/C(=C/C(=O)N1CCC(CN)C1)c1ccccc1C(F)(F)F. The molecule has 2 rings (SSSR count). The molecule has 1 fully saturated rings. The molecule has 2 N–H and O–H groups in total. The van der Waals surface area contributed by atoms with Gasteiger partial charge in [0, 0.05) is 19.2 Å². The van der Waals surface area contributed by atoms with Gasteiger partial charge in [-0.2, -0.15) is 13.2 Å². The molecule has 22 heavy (non-hydrogen) atoms. The van der Waals surface area contributed by atoms with Crippen molar-refractivity contribution in [2.45, 2.75) is 19.5 Å². The summed E-state index contributed by atoms with van der Waals surface area (Å²) in [5.74, 6) is 0.0190. The van der Waals surface area contributed by atoms with Gasteiger partial charge in [0.2, 0.25) is 5.91 Å². The number of hydrogen-bond donors (Lipinski definition) is 1. The second-order valence-corrected chi connectivity index (χ2v) is 5.55. The number of halogens is 3. The molecule has 0 saturated carbocycles. The van der Waals surface area contributed by atoms with Crippen LogP contribution in [0.1, 0.15) is 24.5 Å². The zero-order valence-electron chi connectivity index (χ0n) is 12.4. The van der Waals surface area contributed by atoms with Crippen LogP contribution in [0.4, 0.5) is 13.2 Å². The summed E-state index contributed by atoms with van der Waals surface area (Å²) in [5.41, 5.74) is 5.21. The quantitative estimate of drug-likeness (QED) is 0.872. The standard InChI is InChI=1S/C16H19F3N2O/c1-11(8-15(22)21-7-6-12(9-20)10-21)13-4-2-3-5-14(13)16(17,18)19/h2-5,8,12H,6-7,9-10,20H2,1H3/b11-8-. The van der Waals surface area contributed by atoms with Crippen LogP contribution in [0.25, 0.3) is 5.57 Å². The van der Waals surface area contributed by atoms with Crippen LogP contribution >= 0.6 is 0 Å². The van der Waals surface area contributed by atoms with E-state index in [-0.39, 0.29) is 17.4 Å². The molecule has 120 valence electrons. The topological polar surface area (TPSA) is 46.3 Å². The Morgan fingerprint density at radius 3 is 2.68 bits per heavy atom. The summed E-state index contributed by atoms with van der Waals surface area (Å²) >= 11 is 0. The third-order valence-corrected chi connectivity index (χ3v) is 3.93. The first-order valence-corrected chi connectivity index (χ1v) is 7.16. The molecule has 1 aromatic carbocycles. The highest BCUT2D eigenvalue weighted by Gasteiger charge is 2.33. The number of carbonyl (C=O) groups excluding carboxylic acids is 1. The average molecular weight is 312 g/mol. The van der Waals surface area contributed by atoms with Crippen molar-refractivity contribution in [3.63, 3.8) is 0 Å². The number of hydrogen-bond acceptors (Lipinski definition) is 2. The summed E-state index contributed by atoms with van der Waals surface area (Å²) in [7, 11) is 0. The number of amides is 1. The third-order valence-electron chi connectivity index (χ3n) is 3.93. The monoisotopic (exact) mass is 312 g/mol. The molecule has 0 aliphatic carbocycles. The van der Waals surface area contributed by atoms with Gasteiger partial charge in [-0.25, -0.2) is 0 Å². The van der Waals surface area contributed by atoms with Crippen molar-refractivity contribution >= 4 is 11.5 Å². The van der Waals surface area contributed by atoms with E-state index in [9.17, 15) is 18.0 Å². The molecule has 1 atom stereocenters. The highest BCUT2D eigenvalue weighted by atomic mass is 19.4. The van der Waals surface area contributed by atoms with Crippen LogP contribution in [0.3, 0.4) is 0 Å². The number of carbonyl (C=O) groups is 1. The molecule has 1 heterocycles. The first kappa shape index (κ1) is 16.5. The normalized spacial score (nSPS) is 19.6. The van der Waals surface area contributed by atoms with E-state index in [2.05, 4.69) is 0 Å². The molecular weight excluding hydrogens is 293 g/mol. The lowest BCUT2D eigenvalue weighted by Crippen LogP contribution is -2.28. The fourth-order valence-corrected chi connectivity index (χ4v) is 2.65. The molecule has 0 spiro atoms. The molecule has 1 amide bonds. The second kappa shape index (κ2) is 6.52. The summed E-state index contributed by atoms with van der Waals surface area (Å²) in [4.78, 5) is 13.8. The smallest absolute Gasteiger partial charge is 0.339 e. The number of rotatable bonds is 3. The van der Waals surface area contributed by atoms with Gasteiger partial charge in [0.15, 0.2) is 0 Å². The van der Waals surface area contributed by atoms with Crippen LogP contribution in [0.2, 0.25) is 0 Å². The largest absolute Gasteiger partial charge is 0.416 e. The van der Waals surface area contributed by atoms with E-state index in [0.29, 0.717) is 25.2 Å². The molecule has 6 heteroatoms. The molecule has 1 saturated heterocycles. The van der Waals surface area contributed by atoms with Gasteiger partial charge >= 0.3 is 6.18 Å². The lowest BCUT2D eigenvalue weighted by atomic mass is 10.00. The Labute approximate surface area is 127 Å². The summed E-state index contributed by atoms with van der Waals surface area (Å²) in [6.45, 7) is 3.22. The summed E-state index contributed by atoms with van der Waals surface area (Å²) in [6.07, 6.45) is -2.31. The van der Waals surface area contributed by atoms with Gasteiger partial charge in [0.25, 0.3) is 0 Å². The molecule has 1 aromatic rings. The Kier molecular flexibility index (Phi) is 4.90. The van der Waals surface area contributed by atoms with E-state index in [0.717, 1.165) is 12.5 Å². The Morgan fingerprint density at radius 2 is 2.09 bits per heavy atom. The first-order valence-electron chi connectivity index (χ1n) is 7.16. The highest BCUT2D eigenvalue weighted by molar-refractivity contribution is 5.95. The molecule has 1 unspecified atom stereocenters. The molecule has 0 bridgehead atoms. The van der Waals surface area contributed by atoms with Crippen LogP contribution in [0.15, 0.2) is 30.3 Å². The molecule has 3 nitrogen and oxygen atoms in total. The van der Waals surface area contributed by atoms with E-state index >= 15 is 0 Å². The van der Waals surface area contributed by atoms with Crippen molar-refractivity contribution in [3.8, 4) is 0 Å². The summed E-state index contributed by atoms with van der Waals surface area (Å²) < 4.78 is 39.0. The van der Waals surface area contributed by atoms with Crippen LogP contribution in [0.5, 0.6) is 0 Å². The fourth-order valence-electron chi connectivity index (χ4n) is 2.65. The van der Waals surface area contributed by atoms with E-state index in [4.69, 9.17) is 5.73 Å². The van der Waals surface area contributed by atoms with Gasteiger partial charge in [-0.1, -0.05) is 18.2 Å². The van der Waals surface area contributed by atoms with E-state index in [1.54, 1.807) is 4.90 Å². The molecule has 1 aliphatic rings.